The van der Waals surface area contributed by atoms with Crippen molar-refractivity contribution in [3.05, 3.63) is 0 Å². The zero-order chi connectivity index (χ0) is 25.3. The fourth-order valence-electron chi connectivity index (χ4n) is 5.78. The van der Waals surface area contributed by atoms with Crippen molar-refractivity contribution < 1.29 is 19.8 Å². The molecule has 196 valence electrons. The Morgan fingerprint density at radius 2 is 1.06 bits per heavy atom. The average molecular weight is 469 g/mol. The van der Waals surface area contributed by atoms with Crippen molar-refractivity contribution in [2.24, 2.45) is 29.1 Å². The fraction of sp³-hybridized carbons (Fsp3) is 0.931. The Bertz CT molecular complexity index is 498. The molecule has 2 N–H and O–H groups in total. The molecule has 0 heterocycles. The maximum Gasteiger partial charge on any atom is 0.309 e. The molecule has 0 saturated carbocycles. The second-order valence-corrected chi connectivity index (χ2v) is 10.6. The molecule has 0 rings (SSSR count). The molecule has 4 nitrogen and oxygen atoms in total. The Morgan fingerprint density at radius 1 is 0.667 bits per heavy atom. The molecular weight excluding hydrogens is 412 g/mol. The molecular formula is C29H56O4. The molecule has 0 aromatic carbocycles. The van der Waals surface area contributed by atoms with E-state index in [0.29, 0.717) is 30.6 Å². The van der Waals surface area contributed by atoms with Crippen LogP contribution in [0.4, 0.5) is 0 Å². The monoisotopic (exact) mass is 468 g/mol. The molecule has 4 unspecified atom stereocenters. The highest BCUT2D eigenvalue weighted by atomic mass is 16.4. The molecule has 0 aliphatic heterocycles. The van der Waals surface area contributed by atoms with Gasteiger partial charge in [0.2, 0.25) is 0 Å². The summed E-state index contributed by atoms with van der Waals surface area (Å²) in [6, 6.07) is 0. The van der Waals surface area contributed by atoms with Crippen LogP contribution in [0.25, 0.3) is 0 Å². The van der Waals surface area contributed by atoms with Crippen LogP contribution in [0.2, 0.25) is 0 Å². The van der Waals surface area contributed by atoms with Gasteiger partial charge in [-0.05, 0) is 42.9 Å². The summed E-state index contributed by atoms with van der Waals surface area (Å²) in [6.07, 6.45) is 14.7. The molecule has 0 bridgehead atoms. The molecule has 0 amide bonds. The first-order valence-corrected chi connectivity index (χ1v) is 14.2. The highest BCUT2D eigenvalue weighted by molar-refractivity contribution is 5.77. The third-order valence-electron chi connectivity index (χ3n) is 8.18. The molecule has 0 aliphatic rings. The van der Waals surface area contributed by atoms with Gasteiger partial charge in [-0.2, -0.15) is 0 Å². The summed E-state index contributed by atoms with van der Waals surface area (Å²) >= 11 is 0. The van der Waals surface area contributed by atoms with Crippen LogP contribution >= 0.6 is 0 Å². The van der Waals surface area contributed by atoms with Crippen LogP contribution in [0.15, 0.2) is 0 Å². The highest BCUT2D eigenvalue weighted by Gasteiger charge is 2.48. The Labute approximate surface area is 205 Å². The van der Waals surface area contributed by atoms with Gasteiger partial charge in [0.05, 0.1) is 5.41 Å². The maximum absolute atomic E-state index is 13.2. The number of carboxylic acid groups (broad SMARTS) is 2. The summed E-state index contributed by atoms with van der Waals surface area (Å²) < 4.78 is 0. The van der Waals surface area contributed by atoms with Crippen molar-refractivity contribution in [1.29, 1.82) is 0 Å². The molecule has 33 heavy (non-hydrogen) atoms. The average Bonchev–Trinajstić information content (AvgIpc) is 2.79. The summed E-state index contributed by atoms with van der Waals surface area (Å²) in [5.74, 6) is -0.809. The van der Waals surface area contributed by atoms with E-state index in [0.717, 1.165) is 83.5 Å². The van der Waals surface area contributed by atoms with Gasteiger partial charge in [-0.15, -0.1) is 0 Å². The van der Waals surface area contributed by atoms with Crippen LogP contribution in [0, 0.1) is 29.1 Å². The van der Waals surface area contributed by atoms with Gasteiger partial charge >= 0.3 is 11.9 Å². The smallest absolute Gasteiger partial charge is 0.309 e. The molecule has 0 spiro atoms. The first-order chi connectivity index (χ1) is 15.7. The van der Waals surface area contributed by atoms with Gasteiger partial charge in [-0.25, -0.2) is 0 Å². The number of unbranched alkanes of at least 4 members (excludes halogenated alkanes) is 3. The Kier molecular flexibility index (Phi) is 17.7. The third kappa shape index (κ3) is 11.8. The minimum Gasteiger partial charge on any atom is -0.481 e. The summed E-state index contributed by atoms with van der Waals surface area (Å²) in [6.45, 7) is 13.1. The first-order valence-electron chi connectivity index (χ1n) is 14.2. The van der Waals surface area contributed by atoms with E-state index in [2.05, 4.69) is 41.5 Å². The number of rotatable bonds is 22. The minimum atomic E-state index is -0.944. The SMILES string of the molecule is CCCCC(CC)CC(CC(=O)O)C(CC(CC)CCCC)(CC(CC)CCCC)C(=O)O. The first kappa shape index (κ1) is 31.9. The predicted molar refractivity (Wildman–Crippen MR) is 140 cm³/mol. The van der Waals surface area contributed by atoms with E-state index in [9.17, 15) is 19.8 Å². The number of carbonyl (C=O) groups is 2. The number of hydrogen-bond acceptors (Lipinski definition) is 2. The summed E-state index contributed by atoms with van der Waals surface area (Å²) in [7, 11) is 0. The lowest BCUT2D eigenvalue weighted by molar-refractivity contribution is -0.159. The van der Waals surface area contributed by atoms with E-state index in [1.54, 1.807) is 0 Å². The van der Waals surface area contributed by atoms with E-state index in [1.807, 2.05) is 0 Å². The van der Waals surface area contributed by atoms with Gasteiger partial charge in [-0.1, -0.05) is 119 Å². The number of hydrogen-bond donors (Lipinski definition) is 2. The molecule has 0 aliphatic carbocycles. The van der Waals surface area contributed by atoms with Gasteiger partial charge < -0.3 is 10.2 Å². The molecule has 0 aromatic rings. The van der Waals surface area contributed by atoms with Crippen LogP contribution in [-0.2, 0) is 9.59 Å². The Hall–Kier alpha value is -1.06. The minimum absolute atomic E-state index is 0.0245. The van der Waals surface area contributed by atoms with Crippen LogP contribution in [0.1, 0.15) is 144 Å². The van der Waals surface area contributed by atoms with Crippen LogP contribution < -0.4 is 0 Å². The summed E-state index contributed by atoms with van der Waals surface area (Å²) in [5, 5.41) is 20.7. The molecule has 4 heteroatoms. The molecule has 0 saturated heterocycles. The van der Waals surface area contributed by atoms with Crippen LogP contribution in [0.3, 0.4) is 0 Å². The van der Waals surface area contributed by atoms with Crippen molar-refractivity contribution in [3.63, 3.8) is 0 Å². The second-order valence-electron chi connectivity index (χ2n) is 10.6. The van der Waals surface area contributed by atoms with Crippen molar-refractivity contribution >= 4 is 11.9 Å². The van der Waals surface area contributed by atoms with E-state index in [4.69, 9.17) is 0 Å². The predicted octanol–water partition coefficient (Wildman–Crippen LogP) is 8.97. The molecule has 4 atom stereocenters. The highest BCUT2D eigenvalue weighted by Crippen LogP contribution is 2.48. The Morgan fingerprint density at radius 3 is 1.36 bits per heavy atom. The normalized spacial score (nSPS) is 17.2. The van der Waals surface area contributed by atoms with Crippen molar-refractivity contribution in [2.45, 2.75) is 144 Å². The zero-order valence-electron chi connectivity index (χ0n) is 22.8. The topological polar surface area (TPSA) is 74.6 Å². The van der Waals surface area contributed by atoms with E-state index in [-0.39, 0.29) is 12.3 Å². The van der Waals surface area contributed by atoms with Crippen LogP contribution in [-0.4, -0.2) is 22.2 Å². The van der Waals surface area contributed by atoms with Gasteiger partial charge in [0.15, 0.2) is 0 Å². The van der Waals surface area contributed by atoms with Gasteiger partial charge in [0.25, 0.3) is 0 Å². The zero-order valence-corrected chi connectivity index (χ0v) is 22.8. The second kappa shape index (κ2) is 18.3. The van der Waals surface area contributed by atoms with Crippen molar-refractivity contribution in [2.75, 3.05) is 0 Å². The molecule has 0 fully saturated rings. The number of carboxylic acids is 2. The fourth-order valence-corrected chi connectivity index (χ4v) is 5.78. The lowest BCUT2D eigenvalue weighted by Crippen LogP contribution is -2.44. The maximum atomic E-state index is 13.2. The van der Waals surface area contributed by atoms with Gasteiger partial charge in [0, 0.05) is 6.42 Å². The number of aliphatic carboxylic acids is 2. The molecule has 0 aromatic heterocycles. The summed E-state index contributed by atoms with van der Waals surface area (Å²) in [5.41, 5.74) is -0.944. The van der Waals surface area contributed by atoms with Crippen molar-refractivity contribution in [3.8, 4) is 0 Å². The van der Waals surface area contributed by atoms with Gasteiger partial charge in [-0.3, -0.25) is 9.59 Å². The van der Waals surface area contributed by atoms with E-state index < -0.39 is 17.4 Å². The lowest BCUT2D eigenvalue weighted by Gasteiger charge is -2.42. The van der Waals surface area contributed by atoms with Gasteiger partial charge in [0.1, 0.15) is 0 Å². The van der Waals surface area contributed by atoms with E-state index in [1.165, 1.54) is 0 Å². The lowest BCUT2D eigenvalue weighted by atomic mass is 9.60. The largest absolute Gasteiger partial charge is 0.481 e. The van der Waals surface area contributed by atoms with Crippen molar-refractivity contribution in [1.82, 2.24) is 0 Å². The quantitative estimate of drug-likeness (QED) is 0.166. The third-order valence-corrected chi connectivity index (χ3v) is 8.18. The van der Waals surface area contributed by atoms with Crippen LogP contribution in [0.5, 0.6) is 0 Å². The Balaban J connectivity index is 6.32. The van der Waals surface area contributed by atoms with E-state index >= 15 is 0 Å². The standard InChI is InChI=1S/C29H56O4/c1-7-13-16-23(10-4)19-26(20-27(30)31)29(28(32)33,21-24(11-5)17-14-8-2)22-25(12-6)18-15-9-3/h23-26H,7-22H2,1-6H3,(H,30,31)(H,32,33). The molecule has 0 radical (unpaired) electrons. The summed E-state index contributed by atoms with van der Waals surface area (Å²) in [4.78, 5) is 25.2.